The maximum atomic E-state index is 12.1. The lowest BCUT2D eigenvalue weighted by molar-refractivity contribution is -0.117. The molecule has 0 bridgehead atoms. The monoisotopic (exact) mass is 326 g/mol. The highest BCUT2D eigenvalue weighted by molar-refractivity contribution is 5.92. The van der Waals surface area contributed by atoms with Crippen molar-refractivity contribution in [2.24, 2.45) is 5.92 Å². The lowest BCUT2D eigenvalue weighted by atomic mass is 10.2. The summed E-state index contributed by atoms with van der Waals surface area (Å²) in [7, 11) is 0. The molecule has 0 aromatic heterocycles. The Bertz CT molecular complexity index is 488. The summed E-state index contributed by atoms with van der Waals surface area (Å²) in [6.07, 6.45) is 2.92. The standard InChI is InChI=1S/C16H22N2O3.ClH/c19-16(9-13-11-20-8-7-17-13)18-14-3-1-2-4-15(14)21-10-12-5-6-12;/h1-4,12-13,17H,5-11H2,(H,18,19);1H. The first-order valence-electron chi connectivity index (χ1n) is 7.64. The van der Waals surface area contributed by atoms with Crippen LogP contribution in [0.2, 0.25) is 0 Å². The molecule has 3 rings (SSSR count). The molecule has 1 unspecified atom stereocenters. The molecular weight excluding hydrogens is 304 g/mol. The fraction of sp³-hybridized carbons (Fsp3) is 0.562. The number of anilines is 1. The second-order valence-electron chi connectivity index (χ2n) is 5.73. The molecule has 1 saturated heterocycles. The van der Waals surface area contributed by atoms with E-state index < -0.39 is 0 Å². The zero-order chi connectivity index (χ0) is 14.5. The SMILES string of the molecule is Cl.O=C(CC1COCCN1)Nc1ccccc1OCC1CC1. The maximum Gasteiger partial charge on any atom is 0.226 e. The molecule has 1 heterocycles. The first-order valence-corrected chi connectivity index (χ1v) is 7.64. The van der Waals surface area contributed by atoms with E-state index in [4.69, 9.17) is 9.47 Å². The fourth-order valence-electron chi connectivity index (χ4n) is 2.36. The third-order valence-corrected chi connectivity index (χ3v) is 3.76. The van der Waals surface area contributed by atoms with E-state index in [1.54, 1.807) is 0 Å². The number of nitrogens with one attached hydrogen (secondary N) is 2. The minimum Gasteiger partial charge on any atom is -0.491 e. The quantitative estimate of drug-likeness (QED) is 0.841. The normalized spacial score (nSPS) is 20.8. The minimum absolute atomic E-state index is 0. The summed E-state index contributed by atoms with van der Waals surface area (Å²) in [5.74, 6) is 1.43. The molecular formula is C16H23ClN2O3. The molecule has 22 heavy (non-hydrogen) atoms. The highest BCUT2D eigenvalue weighted by atomic mass is 35.5. The maximum absolute atomic E-state index is 12.1. The van der Waals surface area contributed by atoms with E-state index in [9.17, 15) is 4.79 Å². The average Bonchev–Trinajstić information content (AvgIpc) is 3.31. The van der Waals surface area contributed by atoms with Crippen LogP contribution < -0.4 is 15.4 Å². The summed E-state index contributed by atoms with van der Waals surface area (Å²) >= 11 is 0. The van der Waals surface area contributed by atoms with Gasteiger partial charge in [-0.25, -0.2) is 0 Å². The molecule has 1 aromatic rings. The summed E-state index contributed by atoms with van der Waals surface area (Å²) in [5.41, 5.74) is 0.750. The zero-order valence-electron chi connectivity index (χ0n) is 12.5. The van der Waals surface area contributed by atoms with Gasteiger partial charge in [-0.3, -0.25) is 4.79 Å². The van der Waals surface area contributed by atoms with Crippen LogP contribution in [0.5, 0.6) is 5.75 Å². The van der Waals surface area contributed by atoms with Crippen LogP contribution >= 0.6 is 12.4 Å². The van der Waals surface area contributed by atoms with Crippen molar-refractivity contribution in [2.45, 2.75) is 25.3 Å². The fourth-order valence-corrected chi connectivity index (χ4v) is 2.36. The van der Waals surface area contributed by atoms with E-state index >= 15 is 0 Å². The van der Waals surface area contributed by atoms with Crippen molar-refractivity contribution in [3.05, 3.63) is 24.3 Å². The van der Waals surface area contributed by atoms with Crippen molar-refractivity contribution in [1.82, 2.24) is 5.32 Å². The van der Waals surface area contributed by atoms with Crippen LogP contribution in [0.3, 0.4) is 0 Å². The van der Waals surface area contributed by atoms with Crippen molar-refractivity contribution in [3.8, 4) is 5.75 Å². The Kier molecular flexibility index (Phi) is 6.49. The van der Waals surface area contributed by atoms with E-state index in [0.29, 0.717) is 18.9 Å². The molecule has 0 radical (unpaired) electrons. The number of hydrogen-bond donors (Lipinski definition) is 2. The van der Waals surface area contributed by atoms with Gasteiger partial charge in [0.25, 0.3) is 0 Å². The highest BCUT2D eigenvalue weighted by Crippen LogP contribution is 2.31. The van der Waals surface area contributed by atoms with E-state index in [2.05, 4.69) is 10.6 Å². The summed E-state index contributed by atoms with van der Waals surface area (Å²) < 4.78 is 11.2. The molecule has 122 valence electrons. The predicted molar refractivity (Wildman–Crippen MR) is 87.8 cm³/mol. The number of carbonyl (C=O) groups is 1. The summed E-state index contributed by atoms with van der Waals surface area (Å²) in [5, 5.41) is 6.22. The van der Waals surface area contributed by atoms with E-state index in [-0.39, 0.29) is 24.4 Å². The van der Waals surface area contributed by atoms with Crippen LogP contribution in [0.4, 0.5) is 5.69 Å². The van der Waals surface area contributed by atoms with Crippen molar-refractivity contribution >= 4 is 24.0 Å². The largest absolute Gasteiger partial charge is 0.491 e. The van der Waals surface area contributed by atoms with Crippen molar-refractivity contribution in [1.29, 1.82) is 0 Å². The van der Waals surface area contributed by atoms with Crippen LogP contribution in [0.25, 0.3) is 0 Å². The number of morpholine rings is 1. The van der Waals surface area contributed by atoms with Gasteiger partial charge in [-0.2, -0.15) is 0 Å². The number of amides is 1. The first-order chi connectivity index (χ1) is 10.3. The van der Waals surface area contributed by atoms with Crippen molar-refractivity contribution < 1.29 is 14.3 Å². The molecule has 1 aliphatic carbocycles. The van der Waals surface area contributed by atoms with Crippen molar-refractivity contribution in [2.75, 3.05) is 31.7 Å². The molecule has 5 nitrogen and oxygen atoms in total. The molecule has 0 spiro atoms. The number of carbonyl (C=O) groups excluding carboxylic acids is 1. The third kappa shape index (κ3) is 5.16. The van der Waals surface area contributed by atoms with Gasteiger partial charge in [0.2, 0.25) is 5.91 Å². The second-order valence-corrected chi connectivity index (χ2v) is 5.73. The van der Waals surface area contributed by atoms with Crippen molar-refractivity contribution in [3.63, 3.8) is 0 Å². The summed E-state index contributed by atoms with van der Waals surface area (Å²) in [6.45, 7) is 2.85. The average molecular weight is 327 g/mol. The Balaban J connectivity index is 0.00000176. The van der Waals surface area contributed by atoms with Gasteiger partial charge in [0, 0.05) is 19.0 Å². The van der Waals surface area contributed by atoms with Gasteiger partial charge < -0.3 is 20.1 Å². The summed E-state index contributed by atoms with van der Waals surface area (Å²) in [6, 6.07) is 7.71. The molecule has 2 aliphatic rings. The Hall–Kier alpha value is -1.30. The molecule has 2 N–H and O–H groups in total. The van der Waals surface area contributed by atoms with Gasteiger partial charge in [-0.1, -0.05) is 12.1 Å². The Labute approximate surface area is 137 Å². The van der Waals surface area contributed by atoms with Gasteiger partial charge in [-0.05, 0) is 30.9 Å². The topological polar surface area (TPSA) is 59.6 Å². The van der Waals surface area contributed by atoms with E-state index in [1.165, 1.54) is 12.8 Å². The van der Waals surface area contributed by atoms with E-state index in [0.717, 1.165) is 31.2 Å². The van der Waals surface area contributed by atoms with Gasteiger partial charge >= 0.3 is 0 Å². The number of hydrogen-bond acceptors (Lipinski definition) is 4. The highest BCUT2D eigenvalue weighted by Gasteiger charge is 2.22. The molecule has 2 fully saturated rings. The number of rotatable bonds is 6. The second kappa shape index (κ2) is 8.36. The number of para-hydroxylation sites is 2. The van der Waals surface area contributed by atoms with E-state index in [1.807, 2.05) is 24.3 Å². The molecule has 1 aromatic carbocycles. The molecule has 1 atom stereocenters. The van der Waals surface area contributed by atoms with Gasteiger partial charge in [0.05, 0.1) is 25.5 Å². The van der Waals surface area contributed by atoms with Crippen LogP contribution in [-0.4, -0.2) is 38.3 Å². The Morgan fingerprint density at radius 1 is 1.36 bits per heavy atom. The number of benzene rings is 1. The lowest BCUT2D eigenvalue weighted by Crippen LogP contribution is -2.43. The van der Waals surface area contributed by atoms with Crippen LogP contribution in [0.15, 0.2) is 24.3 Å². The first kappa shape index (κ1) is 17.1. The van der Waals surface area contributed by atoms with Gasteiger partial charge in [0.15, 0.2) is 0 Å². The van der Waals surface area contributed by atoms with Gasteiger partial charge in [0.1, 0.15) is 5.75 Å². The smallest absolute Gasteiger partial charge is 0.226 e. The minimum atomic E-state index is -0.0135. The van der Waals surface area contributed by atoms with Crippen LogP contribution in [0.1, 0.15) is 19.3 Å². The number of halogens is 1. The molecule has 1 aliphatic heterocycles. The van der Waals surface area contributed by atoms with Crippen LogP contribution in [0, 0.1) is 5.92 Å². The Morgan fingerprint density at radius 3 is 2.91 bits per heavy atom. The molecule has 6 heteroatoms. The Morgan fingerprint density at radius 2 is 2.18 bits per heavy atom. The van der Waals surface area contributed by atoms with Gasteiger partial charge in [-0.15, -0.1) is 12.4 Å². The lowest BCUT2D eigenvalue weighted by Gasteiger charge is -2.23. The molecule has 1 saturated carbocycles. The number of ether oxygens (including phenoxy) is 2. The summed E-state index contributed by atoms with van der Waals surface area (Å²) in [4.78, 5) is 12.1. The predicted octanol–water partition coefficient (Wildman–Crippen LogP) is 2.21. The zero-order valence-corrected chi connectivity index (χ0v) is 13.4. The third-order valence-electron chi connectivity index (χ3n) is 3.76. The van der Waals surface area contributed by atoms with Crippen LogP contribution in [-0.2, 0) is 9.53 Å². The molecule has 1 amide bonds.